The maximum atomic E-state index is 5.37. The summed E-state index contributed by atoms with van der Waals surface area (Å²) in [6.07, 6.45) is 8.13. The Bertz CT molecular complexity index is 203. The van der Waals surface area contributed by atoms with E-state index in [0.717, 1.165) is 6.54 Å². The first-order valence-corrected chi connectivity index (χ1v) is 4.05. The summed E-state index contributed by atoms with van der Waals surface area (Å²) in [5.74, 6) is 0. The Kier molecular flexibility index (Phi) is 2.53. The lowest BCUT2D eigenvalue weighted by molar-refractivity contribution is -0.198. The molecule has 4 nitrogen and oxygen atoms in total. The highest BCUT2D eigenvalue weighted by Crippen LogP contribution is 2.06. The molecule has 2 heterocycles. The predicted octanol–water partition coefficient (Wildman–Crippen LogP) is 0.207. The molecule has 1 atom stereocenters. The Labute approximate surface area is 71.3 Å². The summed E-state index contributed by atoms with van der Waals surface area (Å²) in [5, 5.41) is 1.84. The second-order valence-corrected chi connectivity index (χ2v) is 2.67. The van der Waals surface area contributed by atoms with Gasteiger partial charge < -0.3 is 0 Å². The molecular formula is C8H12N2O2. The third kappa shape index (κ3) is 1.73. The SMILES string of the molecule is C1=CC(N2CC=CCO2)NOC1. The monoisotopic (exact) mass is 168 g/mol. The molecule has 2 aliphatic rings. The molecule has 1 unspecified atom stereocenters. The van der Waals surface area contributed by atoms with Gasteiger partial charge in [-0.1, -0.05) is 24.3 Å². The Morgan fingerprint density at radius 2 is 2.25 bits per heavy atom. The quantitative estimate of drug-likeness (QED) is 0.567. The van der Waals surface area contributed by atoms with Crippen molar-refractivity contribution in [2.24, 2.45) is 0 Å². The van der Waals surface area contributed by atoms with E-state index in [2.05, 4.69) is 11.6 Å². The van der Waals surface area contributed by atoms with Crippen LogP contribution in [0.2, 0.25) is 0 Å². The van der Waals surface area contributed by atoms with E-state index in [1.165, 1.54) is 0 Å². The number of rotatable bonds is 1. The van der Waals surface area contributed by atoms with Crippen molar-refractivity contribution in [2.75, 3.05) is 19.8 Å². The van der Waals surface area contributed by atoms with Gasteiger partial charge in [0.25, 0.3) is 0 Å². The van der Waals surface area contributed by atoms with Crippen molar-refractivity contribution in [3.05, 3.63) is 24.3 Å². The molecule has 66 valence electrons. The molecular weight excluding hydrogens is 156 g/mol. The Balaban J connectivity index is 1.94. The fourth-order valence-electron chi connectivity index (χ4n) is 1.19. The Hall–Kier alpha value is -0.680. The number of hydroxylamine groups is 3. The van der Waals surface area contributed by atoms with E-state index in [0.29, 0.717) is 13.2 Å². The van der Waals surface area contributed by atoms with Gasteiger partial charge in [-0.2, -0.15) is 10.5 Å². The molecule has 12 heavy (non-hydrogen) atoms. The molecule has 0 aromatic carbocycles. The Morgan fingerprint density at radius 3 is 2.92 bits per heavy atom. The fraction of sp³-hybridized carbons (Fsp3) is 0.500. The summed E-state index contributed by atoms with van der Waals surface area (Å²) in [5.41, 5.74) is 2.87. The van der Waals surface area contributed by atoms with Crippen LogP contribution in [0.1, 0.15) is 0 Å². The van der Waals surface area contributed by atoms with Crippen molar-refractivity contribution in [2.45, 2.75) is 6.17 Å². The minimum Gasteiger partial charge on any atom is -0.296 e. The number of nitrogens with one attached hydrogen (secondary N) is 1. The van der Waals surface area contributed by atoms with Crippen LogP contribution in [0.4, 0.5) is 0 Å². The van der Waals surface area contributed by atoms with E-state index in [1.54, 1.807) is 0 Å². The lowest BCUT2D eigenvalue weighted by Gasteiger charge is -2.30. The summed E-state index contributed by atoms with van der Waals surface area (Å²) >= 11 is 0. The largest absolute Gasteiger partial charge is 0.296 e. The highest BCUT2D eigenvalue weighted by Gasteiger charge is 2.18. The molecule has 0 aromatic heterocycles. The summed E-state index contributed by atoms with van der Waals surface area (Å²) in [6, 6.07) is 0. The lowest BCUT2D eigenvalue weighted by Crippen LogP contribution is -2.47. The van der Waals surface area contributed by atoms with E-state index < -0.39 is 0 Å². The first-order chi connectivity index (χ1) is 5.97. The summed E-state index contributed by atoms with van der Waals surface area (Å²) in [6.45, 7) is 2.07. The van der Waals surface area contributed by atoms with E-state index in [-0.39, 0.29) is 6.17 Å². The average molecular weight is 168 g/mol. The number of hydrogen-bond acceptors (Lipinski definition) is 4. The number of hydrogen-bond donors (Lipinski definition) is 1. The normalized spacial score (nSPS) is 30.8. The van der Waals surface area contributed by atoms with Gasteiger partial charge in [0, 0.05) is 6.54 Å². The molecule has 0 bridgehead atoms. The van der Waals surface area contributed by atoms with Crippen molar-refractivity contribution < 1.29 is 9.68 Å². The van der Waals surface area contributed by atoms with Gasteiger partial charge >= 0.3 is 0 Å². The van der Waals surface area contributed by atoms with Crippen molar-refractivity contribution in [1.82, 2.24) is 10.5 Å². The third-order valence-electron chi connectivity index (χ3n) is 1.80. The molecule has 0 spiro atoms. The van der Waals surface area contributed by atoms with Gasteiger partial charge in [-0.05, 0) is 0 Å². The standard InChI is InChI=1S/C8H12N2O2/c1-2-7-12-10(5-1)8-4-3-6-11-9-8/h1-4,8-9H,5-7H2. The first-order valence-electron chi connectivity index (χ1n) is 4.05. The van der Waals surface area contributed by atoms with Gasteiger partial charge in [0.1, 0.15) is 6.17 Å². The minimum absolute atomic E-state index is 0.0451. The molecule has 2 aliphatic heterocycles. The highest BCUT2D eigenvalue weighted by molar-refractivity contribution is 4.96. The molecule has 0 radical (unpaired) electrons. The van der Waals surface area contributed by atoms with Crippen molar-refractivity contribution in [3.8, 4) is 0 Å². The van der Waals surface area contributed by atoms with Crippen LogP contribution in [0.25, 0.3) is 0 Å². The topological polar surface area (TPSA) is 33.7 Å². The van der Waals surface area contributed by atoms with Crippen molar-refractivity contribution >= 4 is 0 Å². The highest BCUT2D eigenvalue weighted by atomic mass is 16.7. The second-order valence-electron chi connectivity index (χ2n) is 2.67. The van der Waals surface area contributed by atoms with Gasteiger partial charge in [0.05, 0.1) is 13.2 Å². The summed E-state index contributed by atoms with van der Waals surface area (Å²) < 4.78 is 0. The fourth-order valence-corrected chi connectivity index (χ4v) is 1.19. The van der Waals surface area contributed by atoms with Gasteiger partial charge in [-0.25, -0.2) is 0 Å². The van der Waals surface area contributed by atoms with E-state index in [4.69, 9.17) is 9.68 Å². The van der Waals surface area contributed by atoms with Crippen LogP contribution in [0.5, 0.6) is 0 Å². The zero-order valence-electron chi connectivity index (χ0n) is 6.77. The van der Waals surface area contributed by atoms with Crippen LogP contribution < -0.4 is 5.48 Å². The van der Waals surface area contributed by atoms with E-state index in [9.17, 15) is 0 Å². The molecule has 4 heteroatoms. The van der Waals surface area contributed by atoms with Crippen LogP contribution in [-0.2, 0) is 9.68 Å². The van der Waals surface area contributed by atoms with Crippen LogP contribution in [0.15, 0.2) is 24.3 Å². The van der Waals surface area contributed by atoms with Crippen LogP contribution in [0, 0.1) is 0 Å². The van der Waals surface area contributed by atoms with Gasteiger partial charge in [-0.15, -0.1) is 0 Å². The lowest BCUT2D eigenvalue weighted by atomic mass is 10.3. The maximum absolute atomic E-state index is 5.37. The van der Waals surface area contributed by atoms with Crippen molar-refractivity contribution in [3.63, 3.8) is 0 Å². The van der Waals surface area contributed by atoms with Crippen LogP contribution >= 0.6 is 0 Å². The van der Waals surface area contributed by atoms with E-state index in [1.807, 2.05) is 23.3 Å². The number of nitrogens with zero attached hydrogens (tertiary/aromatic N) is 1. The van der Waals surface area contributed by atoms with Gasteiger partial charge in [-0.3, -0.25) is 9.68 Å². The predicted molar refractivity (Wildman–Crippen MR) is 43.8 cm³/mol. The van der Waals surface area contributed by atoms with Crippen LogP contribution in [-0.4, -0.2) is 31.0 Å². The first kappa shape index (κ1) is 7.94. The summed E-state index contributed by atoms with van der Waals surface area (Å²) in [7, 11) is 0. The average Bonchev–Trinajstić information content (AvgIpc) is 2.21. The van der Waals surface area contributed by atoms with Gasteiger partial charge in [0.15, 0.2) is 0 Å². The van der Waals surface area contributed by atoms with E-state index >= 15 is 0 Å². The van der Waals surface area contributed by atoms with Crippen molar-refractivity contribution in [1.29, 1.82) is 0 Å². The molecule has 0 aliphatic carbocycles. The molecule has 0 amide bonds. The molecule has 0 saturated carbocycles. The van der Waals surface area contributed by atoms with Crippen LogP contribution in [0.3, 0.4) is 0 Å². The zero-order valence-corrected chi connectivity index (χ0v) is 6.77. The minimum atomic E-state index is 0.0451. The molecule has 2 rings (SSSR count). The third-order valence-corrected chi connectivity index (χ3v) is 1.80. The molecule has 0 aromatic rings. The zero-order chi connectivity index (χ0) is 8.23. The smallest absolute Gasteiger partial charge is 0.126 e. The summed E-state index contributed by atoms with van der Waals surface area (Å²) in [4.78, 5) is 10.4. The second kappa shape index (κ2) is 3.82. The maximum Gasteiger partial charge on any atom is 0.126 e. The molecule has 0 saturated heterocycles. The molecule has 1 N–H and O–H groups in total. The molecule has 0 fully saturated rings. The Morgan fingerprint density at radius 1 is 1.25 bits per heavy atom. The van der Waals surface area contributed by atoms with Gasteiger partial charge in [0.2, 0.25) is 0 Å².